The van der Waals surface area contributed by atoms with Crippen molar-refractivity contribution in [3.8, 4) is 0 Å². The molecule has 2 aromatic rings. The van der Waals surface area contributed by atoms with Crippen LogP contribution in [0.15, 0.2) is 71.4 Å². The molecular formula is C18H12N2O4. The molecule has 6 nitrogen and oxygen atoms in total. The quantitative estimate of drug-likeness (QED) is 0.373. The number of nitro groups is 1. The van der Waals surface area contributed by atoms with Crippen LogP contribution in [0.4, 0.5) is 5.69 Å². The van der Waals surface area contributed by atoms with Gasteiger partial charge in [0.1, 0.15) is 0 Å². The normalized spacial score (nSPS) is 15.6. The molecule has 1 aliphatic rings. The fourth-order valence-corrected chi connectivity index (χ4v) is 2.15. The Labute approximate surface area is 137 Å². The summed E-state index contributed by atoms with van der Waals surface area (Å²) < 4.78 is 5.05. The number of nitro benzene ring substituents is 1. The zero-order valence-electron chi connectivity index (χ0n) is 12.5. The number of esters is 1. The number of hydrogen-bond acceptors (Lipinski definition) is 5. The summed E-state index contributed by atoms with van der Waals surface area (Å²) in [4.78, 5) is 26.5. The van der Waals surface area contributed by atoms with Crippen molar-refractivity contribution in [2.75, 3.05) is 0 Å². The fourth-order valence-electron chi connectivity index (χ4n) is 2.15. The summed E-state index contributed by atoms with van der Waals surface area (Å²) in [5, 5.41) is 11.0. The van der Waals surface area contributed by atoms with Gasteiger partial charge in [0.15, 0.2) is 5.70 Å². The molecule has 0 fully saturated rings. The highest BCUT2D eigenvalue weighted by molar-refractivity contribution is 6.11. The molecule has 24 heavy (non-hydrogen) atoms. The Hall–Kier alpha value is -3.54. The van der Waals surface area contributed by atoms with Crippen molar-refractivity contribution in [1.29, 1.82) is 0 Å². The van der Waals surface area contributed by atoms with Crippen LogP contribution in [-0.4, -0.2) is 16.8 Å². The smallest absolute Gasteiger partial charge is 0.363 e. The molecular weight excluding hydrogens is 308 g/mol. The average molecular weight is 320 g/mol. The molecule has 0 aliphatic carbocycles. The van der Waals surface area contributed by atoms with Gasteiger partial charge in [-0.1, -0.05) is 42.5 Å². The van der Waals surface area contributed by atoms with E-state index in [0.717, 1.165) is 5.56 Å². The van der Waals surface area contributed by atoms with Crippen molar-refractivity contribution in [3.63, 3.8) is 0 Å². The summed E-state index contributed by atoms with van der Waals surface area (Å²) >= 11 is 0. The van der Waals surface area contributed by atoms with Crippen molar-refractivity contribution >= 4 is 29.7 Å². The van der Waals surface area contributed by atoms with Gasteiger partial charge in [0.2, 0.25) is 5.90 Å². The molecule has 0 aromatic heterocycles. The molecule has 0 amide bonds. The number of hydrogen-bond donors (Lipinski definition) is 0. The van der Waals surface area contributed by atoms with Gasteiger partial charge in [0, 0.05) is 12.1 Å². The van der Waals surface area contributed by atoms with E-state index in [1.807, 2.05) is 30.3 Å². The molecule has 2 aromatic carbocycles. The first-order valence-electron chi connectivity index (χ1n) is 7.12. The highest BCUT2D eigenvalue weighted by Crippen LogP contribution is 2.23. The fraction of sp³-hybridized carbons (Fsp3) is 0. The topological polar surface area (TPSA) is 81.8 Å². The average Bonchev–Trinajstić information content (AvgIpc) is 2.94. The van der Waals surface area contributed by atoms with Gasteiger partial charge >= 0.3 is 5.97 Å². The zero-order chi connectivity index (χ0) is 16.9. The standard InChI is InChI=1S/C18H12N2O4/c21-18-15(12-14-8-4-5-9-16(14)20(22)23)19-17(24-18)11-10-13-6-2-1-3-7-13/h1-12H. The van der Waals surface area contributed by atoms with Gasteiger partial charge in [-0.25, -0.2) is 9.79 Å². The third kappa shape index (κ3) is 3.44. The van der Waals surface area contributed by atoms with Crippen molar-refractivity contribution in [2.24, 2.45) is 4.99 Å². The largest absolute Gasteiger partial charge is 0.403 e. The number of carbonyl (C=O) groups excluding carboxylic acids is 1. The second kappa shape index (κ2) is 6.70. The van der Waals surface area contributed by atoms with E-state index in [1.165, 1.54) is 12.1 Å². The number of ether oxygens (including phenoxy) is 1. The van der Waals surface area contributed by atoms with Crippen molar-refractivity contribution in [1.82, 2.24) is 0 Å². The van der Waals surface area contributed by atoms with E-state index >= 15 is 0 Å². The first-order chi connectivity index (χ1) is 11.6. The van der Waals surface area contributed by atoms with Crippen molar-refractivity contribution in [2.45, 2.75) is 0 Å². The van der Waals surface area contributed by atoms with Gasteiger partial charge in [-0.05, 0) is 23.8 Å². The van der Waals surface area contributed by atoms with Crippen molar-refractivity contribution < 1.29 is 14.5 Å². The number of nitrogens with zero attached hydrogens (tertiary/aromatic N) is 2. The van der Waals surface area contributed by atoms with Crippen LogP contribution < -0.4 is 0 Å². The molecule has 0 bridgehead atoms. The Bertz CT molecular complexity index is 883. The van der Waals surface area contributed by atoms with Gasteiger partial charge in [0.25, 0.3) is 5.69 Å². The lowest BCUT2D eigenvalue weighted by Crippen LogP contribution is -2.01. The maximum Gasteiger partial charge on any atom is 0.363 e. The Morgan fingerprint density at radius 2 is 1.71 bits per heavy atom. The van der Waals surface area contributed by atoms with Gasteiger partial charge in [-0.15, -0.1) is 0 Å². The minimum Gasteiger partial charge on any atom is -0.403 e. The SMILES string of the molecule is O=C1OC(C=Cc2ccccc2)=NC1=Cc1ccccc1[N+](=O)[O-]. The second-order valence-corrected chi connectivity index (χ2v) is 4.93. The third-order valence-corrected chi connectivity index (χ3v) is 3.28. The first kappa shape index (κ1) is 15.4. The van der Waals surface area contributed by atoms with E-state index in [1.54, 1.807) is 30.4 Å². The molecule has 0 saturated heterocycles. The zero-order valence-corrected chi connectivity index (χ0v) is 12.5. The summed E-state index contributed by atoms with van der Waals surface area (Å²) in [6.45, 7) is 0. The number of aliphatic imine (C=N–C) groups is 1. The van der Waals surface area contributed by atoms with Crippen LogP contribution in [-0.2, 0) is 9.53 Å². The molecule has 118 valence electrons. The predicted octanol–water partition coefficient (Wildman–Crippen LogP) is 3.60. The van der Waals surface area contributed by atoms with E-state index < -0.39 is 10.9 Å². The van der Waals surface area contributed by atoms with Crippen LogP contribution >= 0.6 is 0 Å². The van der Waals surface area contributed by atoms with Crippen LogP contribution in [0, 0.1) is 10.1 Å². The maximum absolute atomic E-state index is 11.9. The maximum atomic E-state index is 11.9. The predicted molar refractivity (Wildman–Crippen MR) is 90.1 cm³/mol. The molecule has 1 heterocycles. The lowest BCUT2D eigenvalue weighted by atomic mass is 10.1. The van der Waals surface area contributed by atoms with Gasteiger partial charge in [-0.2, -0.15) is 0 Å². The Morgan fingerprint density at radius 3 is 2.46 bits per heavy atom. The van der Waals surface area contributed by atoms with Crippen LogP contribution in [0.2, 0.25) is 0 Å². The molecule has 0 atom stereocenters. The Morgan fingerprint density at radius 1 is 1.00 bits per heavy atom. The number of rotatable bonds is 4. The molecule has 6 heteroatoms. The summed E-state index contributed by atoms with van der Waals surface area (Å²) in [6.07, 6.45) is 4.69. The van der Waals surface area contributed by atoms with Crippen LogP contribution in [0.3, 0.4) is 0 Å². The minimum absolute atomic E-state index is 0.0250. The highest BCUT2D eigenvalue weighted by Gasteiger charge is 2.22. The molecule has 0 N–H and O–H groups in total. The monoisotopic (exact) mass is 320 g/mol. The molecule has 0 unspecified atom stereocenters. The molecule has 3 rings (SSSR count). The molecule has 0 spiro atoms. The van der Waals surface area contributed by atoms with Crippen LogP contribution in [0.25, 0.3) is 12.2 Å². The number of carbonyl (C=O) groups is 1. The third-order valence-electron chi connectivity index (χ3n) is 3.28. The van der Waals surface area contributed by atoms with E-state index in [2.05, 4.69) is 4.99 Å². The first-order valence-corrected chi connectivity index (χ1v) is 7.12. The summed E-state index contributed by atoms with van der Waals surface area (Å²) in [5.74, 6) is -0.491. The molecule has 1 aliphatic heterocycles. The van der Waals surface area contributed by atoms with Crippen LogP contribution in [0.1, 0.15) is 11.1 Å². The van der Waals surface area contributed by atoms with E-state index in [9.17, 15) is 14.9 Å². The second-order valence-electron chi connectivity index (χ2n) is 4.93. The number of cyclic esters (lactones) is 1. The number of benzene rings is 2. The van der Waals surface area contributed by atoms with E-state index in [4.69, 9.17) is 4.74 Å². The molecule has 0 saturated carbocycles. The van der Waals surface area contributed by atoms with Crippen molar-refractivity contribution in [3.05, 3.63) is 87.6 Å². The van der Waals surface area contributed by atoms with E-state index in [-0.39, 0.29) is 17.3 Å². The van der Waals surface area contributed by atoms with Crippen LogP contribution in [0.5, 0.6) is 0 Å². The van der Waals surface area contributed by atoms with Gasteiger partial charge in [-0.3, -0.25) is 10.1 Å². The van der Waals surface area contributed by atoms with Gasteiger partial charge < -0.3 is 4.74 Å². The summed E-state index contributed by atoms with van der Waals surface area (Å²) in [7, 11) is 0. The summed E-state index contributed by atoms with van der Waals surface area (Å²) in [5.41, 5.74) is 1.16. The minimum atomic E-state index is -0.638. The summed E-state index contributed by atoms with van der Waals surface area (Å²) in [6, 6.07) is 15.6. The lowest BCUT2D eigenvalue weighted by Gasteiger charge is -1.96. The van der Waals surface area contributed by atoms with Gasteiger partial charge in [0.05, 0.1) is 10.5 Å². The highest BCUT2D eigenvalue weighted by atomic mass is 16.6. The Balaban J connectivity index is 1.87. The van der Waals surface area contributed by atoms with E-state index in [0.29, 0.717) is 5.56 Å². The molecule has 0 radical (unpaired) electrons. The number of para-hydroxylation sites is 1. The Kier molecular flexibility index (Phi) is 4.29. The lowest BCUT2D eigenvalue weighted by molar-refractivity contribution is -0.385.